The summed E-state index contributed by atoms with van der Waals surface area (Å²) in [6.07, 6.45) is 0.292. The summed E-state index contributed by atoms with van der Waals surface area (Å²) in [5, 5.41) is 1.75. The molecule has 0 saturated carbocycles. The lowest BCUT2D eigenvalue weighted by atomic mass is 10.1. The molecule has 26 heavy (non-hydrogen) atoms. The van der Waals surface area contributed by atoms with Crippen LogP contribution in [0.4, 0.5) is 0 Å². The SMILES string of the molecule is COc1ccc(CC(=O)N2CCN(C(=O)c3cscn3)CC2)cc1OC. The molecule has 138 valence electrons. The van der Waals surface area contributed by atoms with E-state index in [0.717, 1.165) is 5.56 Å². The number of benzene rings is 1. The topological polar surface area (TPSA) is 72.0 Å². The zero-order valence-electron chi connectivity index (χ0n) is 14.8. The minimum Gasteiger partial charge on any atom is -0.493 e. The molecule has 1 aromatic carbocycles. The minimum atomic E-state index is -0.0711. The number of carbonyl (C=O) groups excluding carboxylic acids is 2. The highest BCUT2D eigenvalue weighted by atomic mass is 32.1. The number of nitrogens with zero attached hydrogens (tertiary/aromatic N) is 3. The average Bonchev–Trinajstić information content (AvgIpc) is 3.22. The Morgan fingerprint density at radius 2 is 1.77 bits per heavy atom. The quantitative estimate of drug-likeness (QED) is 0.795. The summed E-state index contributed by atoms with van der Waals surface area (Å²) in [7, 11) is 3.15. The van der Waals surface area contributed by atoms with E-state index in [9.17, 15) is 9.59 Å². The smallest absolute Gasteiger partial charge is 0.273 e. The van der Waals surface area contributed by atoms with Gasteiger partial charge in [0.15, 0.2) is 11.5 Å². The van der Waals surface area contributed by atoms with Gasteiger partial charge in [-0.15, -0.1) is 11.3 Å². The van der Waals surface area contributed by atoms with Crippen LogP contribution in [0.3, 0.4) is 0 Å². The van der Waals surface area contributed by atoms with Gasteiger partial charge in [0, 0.05) is 31.6 Å². The molecule has 2 aromatic rings. The van der Waals surface area contributed by atoms with Crippen molar-refractivity contribution in [1.29, 1.82) is 0 Å². The molecule has 2 amide bonds. The average molecular weight is 375 g/mol. The van der Waals surface area contributed by atoms with Crippen LogP contribution >= 0.6 is 11.3 Å². The predicted octanol–water partition coefficient (Wildman–Crippen LogP) is 1.69. The monoisotopic (exact) mass is 375 g/mol. The Labute approximate surface area is 156 Å². The molecule has 0 bridgehead atoms. The van der Waals surface area contributed by atoms with E-state index < -0.39 is 0 Å². The van der Waals surface area contributed by atoms with Crippen LogP contribution in [0.15, 0.2) is 29.1 Å². The van der Waals surface area contributed by atoms with Crippen molar-refractivity contribution < 1.29 is 19.1 Å². The van der Waals surface area contributed by atoms with Crippen molar-refractivity contribution in [3.63, 3.8) is 0 Å². The van der Waals surface area contributed by atoms with Gasteiger partial charge >= 0.3 is 0 Å². The molecule has 0 radical (unpaired) electrons. The maximum absolute atomic E-state index is 12.6. The fourth-order valence-electron chi connectivity index (χ4n) is 2.92. The second-order valence-corrected chi connectivity index (χ2v) is 6.63. The van der Waals surface area contributed by atoms with E-state index >= 15 is 0 Å². The van der Waals surface area contributed by atoms with Crippen molar-refractivity contribution in [2.24, 2.45) is 0 Å². The molecule has 0 N–H and O–H groups in total. The second-order valence-electron chi connectivity index (χ2n) is 5.91. The van der Waals surface area contributed by atoms with Gasteiger partial charge in [-0.25, -0.2) is 4.98 Å². The van der Waals surface area contributed by atoms with Gasteiger partial charge in [0.05, 0.1) is 26.2 Å². The van der Waals surface area contributed by atoms with Crippen LogP contribution in [0.1, 0.15) is 16.1 Å². The lowest BCUT2D eigenvalue weighted by Crippen LogP contribution is -2.51. The molecule has 3 rings (SSSR count). The molecule has 0 spiro atoms. The van der Waals surface area contributed by atoms with Crippen LogP contribution in [0.2, 0.25) is 0 Å². The van der Waals surface area contributed by atoms with Gasteiger partial charge in [-0.2, -0.15) is 0 Å². The first kappa shape index (κ1) is 18.2. The van der Waals surface area contributed by atoms with Crippen LogP contribution in [0, 0.1) is 0 Å². The summed E-state index contributed by atoms with van der Waals surface area (Å²) in [5.74, 6) is 1.21. The fraction of sp³-hybridized carbons (Fsp3) is 0.389. The third-order valence-corrected chi connectivity index (χ3v) is 4.96. The van der Waals surface area contributed by atoms with Gasteiger partial charge in [-0.05, 0) is 17.7 Å². The Balaban J connectivity index is 1.56. The van der Waals surface area contributed by atoms with E-state index in [1.54, 1.807) is 41.0 Å². The molecule has 1 saturated heterocycles. The standard InChI is InChI=1S/C18H21N3O4S/c1-24-15-4-3-13(9-16(15)25-2)10-17(22)20-5-7-21(8-6-20)18(23)14-11-26-12-19-14/h3-4,9,11-12H,5-8,10H2,1-2H3. The number of hydrogen-bond acceptors (Lipinski definition) is 6. The van der Waals surface area contributed by atoms with Crippen LogP contribution in [-0.4, -0.2) is 67.0 Å². The maximum atomic E-state index is 12.6. The molecule has 2 heterocycles. The lowest BCUT2D eigenvalue weighted by molar-refractivity contribution is -0.131. The third kappa shape index (κ3) is 3.96. The Kier molecular flexibility index (Phi) is 5.72. The van der Waals surface area contributed by atoms with Crippen molar-refractivity contribution >= 4 is 23.2 Å². The van der Waals surface area contributed by atoms with Gasteiger partial charge in [0.25, 0.3) is 5.91 Å². The molecule has 0 atom stereocenters. The Bertz CT molecular complexity index is 771. The summed E-state index contributed by atoms with van der Waals surface area (Å²) < 4.78 is 10.5. The van der Waals surface area contributed by atoms with Gasteiger partial charge in [0.1, 0.15) is 5.69 Å². The zero-order chi connectivity index (χ0) is 18.5. The zero-order valence-corrected chi connectivity index (χ0v) is 15.6. The maximum Gasteiger partial charge on any atom is 0.273 e. The van der Waals surface area contributed by atoms with Gasteiger partial charge < -0.3 is 19.3 Å². The summed E-state index contributed by atoms with van der Waals surface area (Å²) >= 11 is 1.40. The summed E-state index contributed by atoms with van der Waals surface area (Å²) in [5.41, 5.74) is 2.99. The van der Waals surface area contributed by atoms with E-state index in [1.165, 1.54) is 11.3 Å². The van der Waals surface area contributed by atoms with Crippen molar-refractivity contribution in [2.45, 2.75) is 6.42 Å². The number of carbonyl (C=O) groups is 2. The molecular formula is C18H21N3O4S. The number of hydrogen-bond donors (Lipinski definition) is 0. The highest BCUT2D eigenvalue weighted by molar-refractivity contribution is 7.07. The van der Waals surface area contributed by atoms with E-state index in [2.05, 4.69) is 4.98 Å². The summed E-state index contributed by atoms with van der Waals surface area (Å²) in [6, 6.07) is 5.48. The number of aromatic nitrogens is 1. The molecule has 7 nitrogen and oxygen atoms in total. The Morgan fingerprint density at radius 1 is 1.08 bits per heavy atom. The largest absolute Gasteiger partial charge is 0.493 e. The predicted molar refractivity (Wildman–Crippen MR) is 97.8 cm³/mol. The molecule has 1 aliphatic heterocycles. The van der Waals surface area contributed by atoms with Crippen LogP contribution in [0.25, 0.3) is 0 Å². The number of ether oxygens (including phenoxy) is 2. The van der Waals surface area contributed by atoms with Crippen LogP contribution < -0.4 is 9.47 Å². The first-order chi connectivity index (χ1) is 12.6. The second kappa shape index (κ2) is 8.18. The van der Waals surface area contributed by atoms with Gasteiger partial charge in [-0.3, -0.25) is 9.59 Å². The highest BCUT2D eigenvalue weighted by Crippen LogP contribution is 2.27. The van der Waals surface area contributed by atoms with Gasteiger partial charge in [0.2, 0.25) is 5.91 Å². The lowest BCUT2D eigenvalue weighted by Gasteiger charge is -2.34. The van der Waals surface area contributed by atoms with Gasteiger partial charge in [-0.1, -0.05) is 6.07 Å². The minimum absolute atomic E-state index is 0.0398. The van der Waals surface area contributed by atoms with Crippen LogP contribution in [-0.2, 0) is 11.2 Å². The van der Waals surface area contributed by atoms with E-state index in [1.807, 2.05) is 12.1 Å². The van der Waals surface area contributed by atoms with E-state index in [0.29, 0.717) is 49.8 Å². The van der Waals surface area contributed by atoms with E-state index in [-0.39, 0.29) is 11.8 Å². The number of piperazine rings is 1. The summed E-state index contributed by atoms with van der Waals surface area (Å²) in [6.45, 7) is 2.10. The molecule has 0 unspecified atom stereocenters. The summed E-state index contributed by atoms with van der Waals surface area (Å²) in [4.78, 5) is 32.5. The number of amides is 2. The molecule has 0 aliphatic carbocycles. The first-order valence-corrected chi connectivity index (χ1v) is 9.22. The molecular weight excluding hydrogens is 354 g/mol. The molecule has 8 heteroatoms. The Hall–Kier alpha value is -2.61. The van der Waals surface area contributed by atoms with Crippen molar-refractivity contribution in [2.75, 3.05) is 40.4 Å². The van der Waals surface area contributed by atoms with Crippen molar-refractivity contribution in [1.82, 2.24) is 14.8 Å². The highest BCUT2D eigenvalue weighted by Gasteiger charge is 2.25. The van der Waals surface area contributed by atoms with Crippen LogP contribution in [0.5, 0.6) is 11.5 Å². The molecule has 1 aromatic heterocycles. The fourth-order valence-corrected chi connectivity index (χ4v) is 3.44. The Morgan fingerprint density at radius 3 is 2.38 bits per heavy atom. The van der Waals surface area contributed by atoms with Crippen molar-refractivity contribution in [3.05, 3.63) is 40.3 Å². The number of methoxy groups -OCH3 is 2. The number of rotatable bonds is 5. The third-order valence-electron chi connectivity index (χ3n) is 4.37. The van der Waals surface area contributed by atoms with Crippen molar-refractivity contribution in [3.8, 4) is 11.5 Å². The number of thiazole rings is 1. The molecule has 1 aliphatic rings. The first-order valence-electron chi connectivity index (χ1n) is 8.28. The normalized spacial score (nSPS) is 14.2. The van der Waals surface area contributed by atoms with E-state index in [4.69, 9.17) is 9.47 Å². The molecule has 1 fully saturated rings.